The van der Waals surface area contributed by atoms with Crippen LogP contribution in [0.3, 0.4) is 0 Å². The molecule has 0 radical (unpaired) electrons. The summed E-state index contributed by atoms with van der Waals surface area (Å²) in [7, 11) is 0. The zero-order valence-electron chi connectivity index (χ0n) is 12.8. The van der Waals surface area contributed by atoms with Crippen molar-refractivity contribution >= 4 is 11.8 Å². The van der Waals surface area contributed by atoms with Crippen molar-refractivity contribution in [1.82, 2.24) is 9.78 Å². The number of nitrogens with zero attached hydrogens (tertiary/aromatic N) is 3. The van der Waals surface area contributed by atoms with Crippen molar-refractivity contribution < 1.29 is 9.90 Å². The van der Waals surface area contributed by atoms with Gasteiger partial charge >= 0.3 is 5.97 Å². The molecule has 0 saturated heterocycles. The van der Waals surface area contributed by atoms with Crippen LogP contribution in [0.4, 0.5) is 5.82 Å². The van der Waals surface area contributed by atoms with Gasteiger partial charge in [0.2, 0.25) is 0 Å². The van der Waals surface area contributed by atoms with Crippen LogP contribution in [0.1, 0.15) is 48.0 Å². The molecule has 0 bridgehead atoms. The molecule has 1 aromatic heterocycles. The quantitative estimate of drug-likeness (QED) is 0.905. The van der Waals surface area contributed by atoms with Crippen molar-refractivity contribution in [2.75, 3.05) is 5.73 Å². The topological polar surface area (TPSA) is 105 Å². The van der Waals surface area contributed by atoms with Gasteiger partial charge in [0.25, 0.3) is 0 Å². The molecule has 0 aliphatic heterocycles. The normalized spacial score (nSPS) is 11.2. The van der Waals surface area contributed by atoms with E-state index in [1.165, 1.54) is 10.2 Å². The van der Waals surface area contributed by atoms with E-state index in [2.05, 4.69) is 25.9 Å². The van der Waals surface area contributed by atoms with Crippen LogP contribution < -0.4 is 5.73 Å². The van der Waals surface area contributed by atoms with Crippen molar-refractivity contribution in [1.29, 1.82) is 5.26 Å². The highest BCUT2D eigenvalue weighted by molar-refractivity contribution is 5.90. The Morgan fingerprint density at radius 3 is 2.36 bits per heavy atom. The third kappa shape index (κ3) is 2.93. The van der Waals surface area contributed by atoms with Gasteiger partial charge in [0.1, 0.15) is 17.5 Å². The maximum absolute atomic E-state index is 11.1. The first kappa shape index (κ1) is 15.6. The molecular formula is C16H18N4O2. The van der Waals surface area contributed by atoms with Crippen LogP contribution in [0, 0.1) is 11.3 Å². The minimum absolute atomic E-state index is 0.0632. The van der Waals surface area contributed by atoms with Crippen LogP contribution in [0.2, 0.25) is 0 Å². The average Bonchev–Trinajstić information content (AvgIpc) is 2.75. The molecule has 0 atom stereocenters. The molecule has 0 unspecified atom stereocenters. The van der Waals surface area contributed by atoms with E-state index in [1.54, 1.807) is 6.07 Å². The second-order valence-electron chi connectivity index (χ2n) is 6.13. The summed E-state index contributed by atoms with van der Waals surface area (Å²) < 4.78 is 1.34. The predicted octanol–water partition coefficient (Wildman–Crippen LogP) is 2.38. The lowest BCUT2D eigenvalue weighted by molar-refractivity contribution is 0.0689. The SMILES string of the molecule is CC(C)(C)c1ccc(Cn2nc(C(=O)O)c(C#N)c2N)cc1. The Hall–Kier alpha value is -2.81. The fraction of sp³-hybridized carbons (Fsp3) is 0.312. The van der Waals surface area contributed by atoms with Gasteiger partial charge in [-0.3, -0.25) is 0 Å². The molecule has 22 heavy (non-hydrogen) atoms. The Morgan fingerprint density at radius 1 is 1.36 bits per heavy atom. The number of rotatable bonds is 3. The van der Waals surface area contributed by atoms with E-state index < -0.39 is 5.97 Å². The number of hydrogen-bond acceptors (Lipinski definition) is 4. The van der Waals surface area contributed by atoms with E-state index in [-0.39, 0.29) is 22.5 Å². The molecule has 114 valence electrons. The van der Waals surface area contributed by atoms with Crippen LogP contribution >= 0.6 is 0 Å². The molecule has 0 aliphatic rings. The van der Waals surface area contributed by atoms with E-state index in [0.29, 0.717) is 6.54 Å². The summed E-state index contributed by atoms with van der Waals surface area (Å²) in [6.45, 7) is 6.71. The van der Waals surface area contributed by atoms with E-state index in [0.717, 1.165) is 5.56 Å². The minimum atomic E-state index is -1.26. The van der Waals surface area contributed by atoms with E-state index in [9.17, 15) is 4.79 Å². The molecule has 2 rings (SSSR count). The number of aromatic carboxylic acids is 1. The number of nitriles is 1. The van der Waals surface area contributed by atoms with Gasteiger partial charge in [0.15, 0.2) is 5.69 Å². The summed E-state index contributed by atoms with van der Waals surface area (Å²) in [4.78, 5) is 11.1. The van der Waals surface area contributed by atoms with Crippen molar-refractivity contribution in [2.24, 2.45) is 0 Å². The van der Waals surface area contributed by atoms with Crippen LogP contribution in [0.15, 0.2) is 24.3 Å². The smallest absolute Gasteiger partial charge is 0.357 e. The molecular weight excluding hydrogens is 280 g/mol. The number of hydrogen-bond donors (Lipinski definition) is 2. The van der Waals surface area contributed by atoms with E-state index >= 15 is 0 Å². The molecule has 0 aliphatic carbocycles. The number of anilines is 1. The number of carboxylic acid groups (broad SMARTS) is 1. The third-order valence-electron chi connectivity index (χ3n) is 3.46. The monoisotopic (exact) mass is 298 g/mol. The number of nitrogen functional groups attached to an aromatic ring is 1. The van der Waals surface area contributed by atoms with Crippen LogP contribution in [-0.4, -0.2) is 20.9 Å². The first-order valence-corrected chi connectivity index (χ1v) is 6.83. The van der Waals surface area contributed by atoms with Gasteiger partial charge in [-0.2, -0.15) is 10.4 Å². The molecule has 0 spiro atoms. The molecule has 1 aromatic carbocycles. The molecule has 0 fully saturated rings. The van der Waals surface area contributed by atoms with E-state index in [1.807, 2.05) is 24.3 Å². The van der Waals surface area contributed by atoms with Gasteiger partial charge in [0.05, 0.1) is 6.54 Å². The van der Waals surface area contributed by atoms with Crippen molar-refractivity contribution in [3.05, 3.63) is 46.6 Å². The number of nitrogens with two attached hydrogens (primary N) is 1. The van der Waals surface area contributed by atoms with Crippen LogP contribution in [0.25, 0.3) is 0 Å². The Bertz CT molecular complexity index is 746. The number of carboxylic acids is 1. The second-order valence-corrected chi connectivity index (χ2v) is 6.13. The standard InChI is InChI=1S/C16H18N4O2/c1-16(2,3)11-6-4-10(5-7-11)9-20-14(18)12(8-17)13(19-20)15(21)22/h4-7H,9,18H2,1-3H3,(H,21,22). The van der Waals surface area contributed by atoms with Gasteiger partial charge in [-0.05, 0) is 16.5 Å². The number of aromatic nitrogens is 2. The molecule has 3 N–H and O–H groups in total. The summed E-state index contributed by atoms with van der Waals surface area (Å²) in [5.41, 5.74) is 7.60. The average molecular weight is 298 g/mol. The van der Waals surface area contributed by atoms with Crippen LogP contribution in [-0.2, 0) is 12.0 Å². The highest BCUT2D eigenvalue weighted by Crippen LogP contribution is 2.23. The molecule has 0 saturated carbocycles. The maximum atomic E-state index is 11.1. The minimum Gasteiger partial charge on any atom is -0.476 e. The molecule has 6 nitrogen and oxygen atoms in total. The van der Waals surface area contributed by atoms with Gasteiger partial charge in [-0.25, -0.2) is 9.48 Å². The second kappa shape index (κ2) is 5.53. The Morgan fingerprint density at radius 2 is 1.95 bits per heavy atom. The number of benzene rings is 1. The van der Waals surface area contributed by atoms with Gasteiger partial charge in [-0.1, -0.05) is 45.0 Å². The Kier molecular flexibility index (Phi) is 3.91. The lowest BCUT2D eigenvalue weighted by Crippen LogP contribution is -2.11. The lowest BCUT2D eigenvalue weighted by atomic mass is 9.87. The van der Waals surface area contributed by atoms with E-state index in [4.69, 9.17) is 16.1 Å². The maximum Gasteiger partial charge on any atom is 0.357 e. The molecule has 1 heterocycles. The van der Waals surface area contributed by atoms with Crippen molar-refractivity contribution in [3.63, 3.8) is 0 Å². The third-order valence-corrected chi connectivity index (χ3v) is 3.46. The molecule has 2 aromatic rings. The fourth-order valence-corrected chi connectivity index (χ4v) is 2.14. The lowest BCUT2D eigenvalue weighted by Gasteiger charge is -2.19. The van der Waals surface area contributed by atoms with Crippen molar-refractivity contribution in [2.45, 2.75) is 32.7 Å². The largest absolute Gasteiger partial charge is 0.476 e. The predicted molar refractivity (Wildman–Crippen MR) is 82.6 cm³/mol. The molecule has 0 amide bonds. The molecule has 6 heteroatoms. The number of carbonyl (C=O) groups is 1. The summed E-state index contributed by atoms with van der Waals surface area (Å²) in [5.74, 6) is -1.19. The van der Waals surface area contributed by atoms with Gasteiger partial charge in [-0.15, -0.1) is 0 Å². The van der Waals surface area contributed by atoms with Gasteiger partial charge in [0, 0.05) is 0 Å². The summed E-state index contributed by atoms with van der Waals surface area (Å²) in [6.07, 6.45) is 0. The summed E-state index contributed by atoms with van der Waals surface area (Å²) in [6, 6.07) is 9.75. The first-order valence-electron chi connectivity index (χ1n) is 6.83. The zero-order chi connectivity index (χ0) is 16.5. The first-order chi connectivity index (χ1) is 10.2. The van der Waals surface area contributed by atoms with Crippen molar-refractivity contribution in [3.8, 4) is 6.07 Å². The fourth-order valence-electron chi connectivity index (χ4n) is 2.14. The van der Waals surface area contributed by atoms with Gasteiger partial charge < -0.3 is 10.8 Å². The Balaban J connectivity index is 2.32. The zero-order valence-corrected chi connectivity index (χ0v) is 12.8. The van der Waals surface area contributed by atoms with Crippen LogP contribution in [0.5, 0.6) is 0 Å². The highest BCUT2D eigenvalue weighted by Gasteiger charge is 2.21. The summed E-state index contributed by atoms with van der Waals surface area (Å²) >= 11 is 0. The highest BCUT2D eigenvalue weighted by atomic mass is 16.4. The summed E-state index contributed by atoms with van der Waals surface area (Å²) in [5, 5.41) is 22.0. The Labute approximate surface area is 128 Å².